The van der Waals surface area contributed by atoms with Gasteiger partial charge in [-0.1, -0.05) is 42.1 Å². The van der Waals surface area contributed by atoms with E-state index >= 15 is 0 Å². The molecule has 0 saturated heterocycles. The van der Waals surface area contributed by atoms with Crippen LogP contribution in [0.5, 0.6) is 0 Å². The zero-order chi connectivity index (χ0) is 22.4. The summed E-state index contributed by atoms with van der Waals surface area (Å²) in [7, 11) is 1.85. The van der Waals surface area contributed by atoms with Gasteiger partial charge in [0.1, 0.15) is 5.82 Å². The number of para-hydroxylation sites is 1. The van der Waals surface area contributed by atoms with Gasteiger partial charge in [0.2, 0.25) is 11.8 Å². The van der Waals surface area contributed by atoms with E-state index in [1.165, 1.54) is 11.8 Å². The van der Waals surface area contributed by atoms with Crippen LogP contribution in [-0.4, -0.2) is 32.3 Å². The van der Waals surface area contributed by atoms with E-state index < -0.39 is 0 Å². The van der Waals surface area contributed by atoms with Crippen molar-refractivity contribution < 1.29 is 9.59 Å². The van der Waals surface area contributed by atoms with Gasteiger partial charge in [-0.15, -0.1) is 10.2 Å². The molecule has 2 aromatic carbocycles. The molecule has 2 N–H and O–H groups in total. The van der Waals surface area contributed by atoms with E-state index in [1.54, 1.807) is 0 Å². The van der Waals surface area contributed by atoms with E-state index in [-0.39, 0.29) is 17.6 Å². The predicted octanol–water partition coefficient (Wildman–Crippen LogP) is 4.04. The predicted molar refractivity (Wildman–Crippen MR) is 124 cm³/mol. The Labute approximate surface area is 186 Å². The second-order valence-corrected chi connectivity index (χ2v) is 8.42. The molecule has 0 radical (unpaired) electrons. The Morgan fingerprint density at radius 2 is 1.65 bits per heavy atom. The summed E-state index contributed by atoms with van der Waals surface area (Å²) in [5.41, 5.74) is 4.78. The van der Waals surface area contributed by atoms with E-state index in [1.807, 2.05) is 74.9 Å². The number of carbonyl (C=O) groups excluding carboxylic acids is 2. The molecule has 3 rings (SSSR count). The molecule has 31 heavy (non-hydrogen) atoms. The third-order valence-electron chi connectivity index (χ3n) is 4.92. The normalized spacial score (nSPS) is 10.7. The minimum absolute atomic E-state index is 0.0700. The SMILES string of the molecule is Cc1ccc(C)c(NC(=O)CSc2nnc(CCC(=O)Nc3ccccc3C)n2C)c1. The Hall–Kier alpha value is -3.13. The van der Waals surface area contributed by atoms with Crippen molar-refractivity contribution in [2.24, 2.45) is 7.05 Å². The van der Waals surface area contributed by atoms with Crippen LogP contribution in [0, 0.1) is 20.8 Å². The number of hydrogen-bond acceptors (Lipinski definition) is 5. The van der Waals surface area contributed by atoms with Crippen LogP contribution in [0.15, 0.2) is 47.6 Å². The molecule has 0 bridgehead atoms. The van der Waals surface area contributed by atoms with Gasteiger partial charge in [0, 0.05) is 31.3 Å². The highest BCUT2D eigenvalue weighted by Crippen LogP contribution is 2.20. The molecule has 0 saturated carbocycles. The fourth-order valence-corrected chi connectivity index (χ4v) is 3.76. The number of amides is 2. The van der Waals surface area contributed by atoms with Crippen molar-refractivity contribution in [3.05, 3.63) is 65.0 Å². The fourth-order valence-electron chi connectivity index (χ4n) is 3.03. The molecular weight excluding hydrogens is 410 g/mol. The molecule has 2 amide bonds. The van der Waals surface area contributed by atoms with Crippen LogP contribution in [0.4, 0.5) is 11.4 Å². The van der Waals surface area contributed by atoms with Gasteiger partial charge >= 0.3 is 0 Å². The maximum Gasteiger partial charge on any atom is 0.234 e. The molecule has 0 aliphatic carbocycles. The summed E-state index contributed by atoms with van der Waals surface area (Å²) < 4.78 is 1.83. The topological polar surface area (TPSA) is 88.9 Å². The second-order valence-electron chi connectivity index (χ2n) is 7.48. The van der Waals surface area contributed by atoms with E-state index in [4.69, 9.17) is 0 Å². The van der Waals surface area contributed by atoms with Crippen molar-refractivity contribution in [3.8, 4) is 0 Å². The third-order valence-corrected chi connectivity index (χ3v) is 5.94. The average molecular weight is 438 g/mol. The van der Waals surface area contributed by atoms with Crippen LogP contribution in [0.1, 0.15) is 28.9 Å². The van der Waals surface area contributed by atoms with Crippen LogP contribution >= 0.6 is 11.8 Å². The van der Waals surface area contributed by atoms with Crippen molar-refractivity contribution in [2.75, 3.05) is 16.4 Å². The summed E-state index contributed by atoms with van der Waals surface area (Å²) in [4.78, 5) is 24.6. The summed E-state index contributed by atoms with van der Waals surface area (Å²) >= 11 is 1.32. The van der Waals surface area contributed by atoms with Crippen molar-refractivity contribution in [2.45, 2.75) is 38.8 Å². The molecule has 8 heteroatoms. The van der Waals surface area contributed by atoms with Gasteiger partial charge in [-0.2, -0.15) is 0 Å². The van der Waals surface area contributed by atoms with Crippen LogP contribution < -0.4 is 10.6 Å². The number of aromatic nitrogens is 3. The quantitative estimate of drug-likeness (QED) is 0.519. The third kappa shape index (κ3) is 6.18. The molecule has 0 unspecified atom stereocenters. The fraction of sp³-hybridized carbons (Fsp3) is 0.304. The van der Waals surface area contributed by atoms with E-state index in [0.29, 0.717) is 23.8 Å². The van der Waals surface area contributed by atoms with Gasteiger partial charge in [0.15, 0.2) is 5.16 Å². The Morgan fingerprint density at radius 3 is 2.42 bits per heavy atom. The molecular formula is C23H27N5O2S. The zero-order valence-electron chi connectivity index (χ0n) is 18.2. The molecule has 0 aliphatic heterocycles. The number of nitrogens with one attached hydrogen (secondary N) is 2. The van der Waals surface area contributed by atoms with E-state index in [9.17, 15) is 9.59 Å². The maximum absolute atomic E-state index is 12.3. The molecule has 3 aromatic rings. The summed E-state index contributed by atoms with van der Waals surface area (Å²) in [6.45, 7) is 5.91. The van der Waals surface area contributed by atoms with Gasteiger partial charge in [-0.05, 0) is 49.6 Å². The van der Waals surface area contributed by atoms with Gasteiger partial charge in [-0.3, -0.25) is 9.59 Å². The number of benzene rings is 2. The van der Waals surface area contributed by atoms with Crippen molar-refractivity contribution >= 4 is 35.0 Å². The number of aryl methyl sites for hydroxylation is 4. The first-order chi connectivity index (χ1) is 14.8. The lowest BCUT2D eigenvalue weighted by Crippen LogP contribution is -2.15. The lowest BCUT2D eigenvalue weighted by molar-refractivity contribution is -0.116. The lowest BCUT2D eigenvalue weighted by Gasteiger charge is -2.09. The summed E-state index contributed by atoms with van der Waals surface area (Å²) in [5, 5.41) is 14.9. The van der Waals surface area contributed by atoms with Crippen LogP contribution in [0.3, 0.4) is 0 Å². The van der Waals surface area contributed by atoms with E-state index in [0.717, 1.165) is 28.1 Å². The maximum atomic E-state index is 12.3. The molecule has 0 fully saturated rings. The summed E-state index contributed by atoms with van der Waals surface area (Å²) in [6, 6.07) is 13.6. The van der Waals surface area contributed by atoms with E-state index in [2.05, 4.69) is 20.8 Å². The summed E-state index contributed by atoms with van der Waals surface area (Å²) in [5.74, 6) is 0.769. The average Bonchev–Trinajstić information content (AvgIpc) is 3.09. The Balaban J connectivity index is 1.50. The monoisotopic (exact) mass is 437 g/mol. The molecule has 162 valence electrons. The van der Waals surface area contributed by atoms with Crippen molar-refractivity contribution in [1.29, 1.82) is 0 Å². The zero-order valence-corrected chi connectivity index (χ0v) is 19.0. The number of hydrogen-bond donors (Lipinski definition) is 2. The first-order valence-corrected chi connectivity index (χ1v) is 11.1. The minimum atomic E-state index is -0.0964. The lowest BCUT2D eigenvalue weighted by atomic mass is 10.1. The molecule has 0 aliphatic rings. The number of rotatable bonds is 8. The van der Waals surface area contributed by atoms with Crippen molar-refractivity contribution in [3.63, 3.8) is 0 Å². The Kier molecular flexibility index (Phi) is 7.46. The standard InChI is InChI=1S/C23H27N5O2S/c1-15-9-10-17(3)19(13-15)25-22(30)14-31-23-27-26-20(28(23)4)11-12-21(29)24-18-8-6-5-7-16(18)2/h5-10,13H,11-12,14H2,1-4H3,(H,24,29)(H,25,30). The second kappa shape index (κ2) is 10.3. The number of anilines is 2. The summed E-state index contributed by atoms with van der Waals surface area (Å²) in [6.07, 6.45) is 0.772. The first kappa shape index (κ1) is 22.6. The Bertz CT molecular complexity index is 1090. The number of nitrogens with zero attached hydrogens (tertiary/aromatic N) is 3. The molecule has 1 heterocycles. The van der Waals surface area contributed by atoms with Crippen molar-refractivity contribution in [1.82, 2.24) is 14.8 Å². The Morgan fingerprint density at radius 1 is 0.935 bits per heavy atom. The van der Waals surface area contributed by atoms with Gasteiger partial charge < -0.3 is 15.2 Å². The van der Waals surface area contributed by atoms with Crippen LogP contribution in [-0.2, 0) is 23.1 Å². The smallest absolute Gasteiger partial charge is 0.234 e. The van der Waals surface area contributed by atoms with Gasteiger partial charge in [-0.25, -0.2) is 0 Å². The largest absolute Gasteiger partial charge is 0.326 e. The minimum Gasteiger partial charge on any atom is -0.326 e. The van der Waals surface area contributed by atoms with Crippen LogP contribution in [0.2, 0.25) is 0 Å². The highest BCUT2D eigenvalue weighted by atomic mass is 32.2. The van der Waals surface area contributed by atoms with Gasteiger partial charge in [0.25, 0.3) is 0 Å². The number of carbonyl (C=O) groups is 2. The highest BCUT2D eigenvalue weighted by molar-refractivity contribution is 7.99. The first-order valence-electron chi connectivity index (χ1n) is 10.1. The molecule has 1 aromatic heterocycles. The van der Waals surface area contributed by atoms with Crippen LogP contribution in [0.25, 0.3) is 0 Å². The molecule has 0 atom stereocenters. The van der Waals surface area contributed by atoms with Gasteiger partial charge in [0.05, 0.1) is 5.75 Å². The molecule has 0 spiro atoms. The molecule has 7 nitrogen and oxygen atoms in total. The highest BCUT2D eigenvalue weighted by Gasteiger charge is 2.14. The number of thioether (sulfide) groups is 1.